The van der Waals surface area contributed by atoms with Gasteiger partial charge in [0.15, 0.2) is 5.78 Å². The lowest BCUT2D eigenvalue weighted by Crippen LogP contribution is -2.24. The maximum absolute atomic E-state index is 12.4. The molecule has 3 rings (SSSR count). The van der Waals surface area contributed by atoms with Crippen LogP contribution in [0.3, 0.4) is 0 Å². The van der Waals surface area contributed by atoms with Crippen LogP contribution in [0, 0.1) is 0 Å². The molecule has 0 aliphatic carbocycles. The first-order valence-corrected chi connectivity index (χ1v) is 8.97. The predicted octanol–water partition coefficient (Wildman–Crippen LogP) is 4.55. The summed E-state index contributed by atoms with van der Waals surface area (Å²) in [5, 5.41) is 0. The highest BCUT2D eigenvalue weighted by Gasteiger charge is 2.10. The van der Waals surface area contributed by atoms with Gasteiger partial charge in [-0.05, 0) is 34.9 Å². The minimum atomic E-state index is 0.0737. The molecule has 1 heterocycles. The Morgan fingerprint density at radius 2 is 1.56 bits per heavy atom. The number of Topliss-reactive ketones (excluding diaryl/α,β-unsaturated/α-hetero) is 1. The van der Waals surface area contributed by atoms with Gasteiger partial charge in [-0.3, -0.25) is 14.6 Å². The van der Waals surface area contributed by atoms with Crippen molar-refractivity contribution in [2.24, 2.45) is 0 Å². The fourth-order valence-corrected chi connectivity index (χ4v) is 2.90. The topological polar surface area (TPSA) is 50.3 Å². The molecule has 136 valence electrons. The van der Waals surface area contributed by atoms with Crippen LogP contribution in [-0.4, -0.2) is 23.7 Å². The third kappa shape index (κ3) is 4.47. The number of aromatic nitrogens is 1. The third-order valence-corrected chi connectivity index (χ3v) is 4.56. The molecule has 0 radical (unpaired) electrons. The monoisotopic (exact) mass is 358 g/mol. The quantitative estimate of drug-likeness (QED) is 0.608. The molecule has 2 aromatic carbocycles. The summed E-state index contributed by atoms with van der Waals surface area (Å²) in [5.74, 6) is 0.156. The molecule has 0 spiro atoms. The van der Waals surface area contributed by atoms with E-state index in [4.69, 9.17) is 0 Å². The Balaban J connectivity index is 1.71. The van der Waals surface area contributed by atoms with E-state index in [1.165, 1.54) is 0 Å². The van der Waals surface area contributed by atoms with Gasteiger partial charge in [-0.15, -0.1) is 0 Å². The molecule has 0 saturated heterocycles. The van der Waals surface area contributed by atoms with E-state index < -0.39 is 0 Å². The van der Waals surface area contributed by atoms with Gasteiger partial charge in [0.2, 0.25) is 5.91 Å². The van der Waals surface area contributed by atoms with Crippen LogP contribution >= 0.6 is 0 Å². The Morgan fingerprint density at radius 1 is 0.926 bits per heavy atom. The Hall–Kier alpha value is -3.27. The second kappa shape index (κ2) is 8.41. The van der Waals surface area contributed by atoms with Crippen LogP contribution in [0.2, 0.25) is 0 Å². The van der Waals surface area contributed by atoms with Crippen LogP contribution in [0.15, 0.2) is 73.1 Å². The number of carbonyl (C=O) groups is 2. The van der Waals surface area contributed by atoms with Gasteiger partial charge in [-0.25, -0.2) is 0 Å². The lowest BCUT2D eigenvalue weighted by atomic mass is 10.00. The van der Waals surface area contributed by atoms with E-state index in [2.05, 4.69) is 4.98 Å². The molecule has 3 aromatic rings. The normalized spacial score (nSPS) is 10.4. The maximum atomic E-state index is 12.4. The molecule has 4 heteroatoms. The minimum Gasteiger partial charge on any atom is -0.316 e. The third-order valence-electron chi connectivity index (χ3n) is 4.56. The summed E-state index contributed by atoms with van der Waals surface area (Å²) in [6.07, 6.45) is 4.24. The van der Waals surface area contributed by atoms with E-state index in [9.17, 15) is 9.59 Å². The first-order valence-electron chi connectivity index (χ1n) is 8.97. The standard InChI is InChI=1S/C23H22N2O2/c1-3-23(27)25(2)21-12-10-19(11-13-21)18-6-8-20(9-7-18)22(26)15-17-5-4-14-24-16-17/h4-14,16H,3,15H2,1-2H3. The fourth-order valence-electron chi connectivity index (χ4n) is 2.90. The predicted molar refractivity (Wildman–Crippen MR) is 108 cm³/mol. The van der Waals surface area contributed by atoms with E-state index in [1.807, 2.05) is 67.6 Å². The van der Waals surface area contributed by atoms with Gasteiger partial charge in [0.1, 0.15) is 0 Å². The number of nitrogens with zero attached hydrogens (tertiary/aromatic N) is 2. The number of hydrogen-bond acceptors (Lipinski definition) is 3. The number of ketones is 1. The van der Waals surface area contributed by atoms with Crippen LogP contribution in [0.25, 0.3) is 11.1 Å². The van der Waals surface area contributed by atoms with E-state index in [-0.39, 0.29) is 11.7 Å². The number of rotatable bonds is 6. The summed E-state index contributed by atoms with van der Waals surface area (Å²) >= 11 is 0. The molecule has 0 saturated carbocycles. The van der Waals surface area contributed by atoms with E-state index >= 15 is 0 Å². The molecule has 27 heavy (non-hydrogen) atoms. The van der Waals surface area contributed by atoms with Crippen LogP contribution in [0.5, 0.6) is 0 Å². The molecule has 0 N–H and O–H groups in total. The lowest BCUT2D eigenvalue weighted by molar-refractivity contribution is -0.118. The Labute approximate surface area is 159 Å². The van der Waals surface area contributed by atoms with Crippen LogP contribution in [0.1, 0.15) is 29.3 Å². The summed E-state index contributed by atoms with van der Waals surface area (Å²) in [6.45, 7) is 1.85. The van der Waals surface area contributed by atoms with Crippen molar-refractivity contribution in [3.05, 3.63) is 84.2 Å². The molecule has 1 aromatic heterocycles. The van der Waals surface area contributed by atoms with Gasteiger partial charge in [0, 0.05) is 43.5 Å². The van der Waals surface area contributed by atoms with Crippen molar-refractivity contribution in [1.29, 1.82) is 0 Å². The molecule has 0 unspecified atom stereocenters. The van der Waals surface area contributed by atoms with Gasteiger partial charge in [0.25, 0.3) is 0 Å². The number of benzene rings is 2. The zero-order chi connectivity index (χ0) is 19.2. The number of amides is 1. The zero-order valence-electron chi connectivity index (χ0n) is 15.6. The second-order valence-electron chi connectivity index (χ2n) is 6.39. The molecule has 0 fully saturated rings. The Bertz CT molecular complexity index is 917. The lowest BCUT2D eigenvalue weighted by Gasteiger charge is -2.16. The molecule has 4 nitrogen and oxygen atoms in total. The highest BCUT2D eigenvalue weighted by Crippen LogP contribution is 2.24. The summed E-state index contributed by atoms with van der Waals surface area (Å²) in [6, 6.07) is 19.2. The molecule has 0 aliphatic rings. The highest BCUT2D eigenvalue weighted by molar-refractivity contribution is 5.98. The summed E-state index contributed by atoms with van der Waals surface area (Å²) in [7, 11) is 1.78. The fraction of sp³-hybridized carbons (Fsp3) is 0.174. The van der Waals surface area contributed by atoms with Crippen molar-refractivity contribution in [2.45, 2.75) is 19.8 Å². The Morgan fingerprint density at radius 3 is 2.11 bits per heavy atom. The number of anilines is 1. The van der Waals surface area contributed by atoms with Gasteiger partial charge < -0.3 is 4.90 Å². The van der Waals surface area contributed by atoms with Gasteiger partial charge in [-0.2, -0.15) is 0 Å². The SMILES string of the molecule is CCC(=O)N(C)c1ccc(-c2ccc(C(=O)Cc3cccnc3)cc2)cc1. The Kier molecular flexibility index (Phi) is 5.77. The van der Waals surface area contributed by atoms with Crippen LogP contribution in [-0.2, 0) is 11.2 Å². The van der Waals surface area contributed by atoms with Crippen LogP contribution < -0.4 is 4.90 Å². The molecule has 1 amide bonds. The molecular weight excluding hydrogens is 336 g/mol. The van der Waals surface area contributed by atoms with E-state index in [0.29, 0.717) is 18.4 Å². The summed E-state index contributed by atoms with van der Waals surface area (Å²) < 4.78 is 0. The van der Waals surface area contributed by atoms with Crippen molar-refractivity contribution in [1.82, 2.24) is 4.98 Å². The molecule has 0 aliphatic heterocycles. The molecule has 0 atom stereocenters. The van der Waals surface area contributed by atoms with Gasteiger partial charge in [-0.1, -0.05) is 49.4 Å². The highest BCUT2D eigenvalue weighted by atomic mass is 16.2. The molecule has 0 bridgehead atoms. The van der Waals surface area contributed by atoms with Crippen molar-refractivity contribution in [2.75, 3.05) is 11.9 Å². The second-order valence-corrected chi connectivity index (χ2v) is 6.39. The van der Waals surface area contributed by atoms with Gasteiger partial charge in [0.05, 0.1) is 0 Å². The average Bonchev–Trinajstić information content (AvgIpc) is 2.73. The van der Waals surface area contributed by atoms with Crippen molar-refractivity contribution in [3.63, 3.8) is 0 Å². The minimum absolute atomic E-state index is 0.0737. The zero-order valence-corrected chi connectivity index (χ0v) is 15.6. The first kappa shape index (κ1) is 18.5. The van der Waals surface area contributed by atoms with Gasteiger partial charge >= 0.3 is 0 Å². The number of hydrogen-bond donors (Lipinski definition) is 0. The smallest absolute Gasteiger partial charge is 0.226 e. The van der Waals surface area contributed by atoms with Crippen molar-refractivity contribution >= 4 is 17.4 Å². The summed E-state index contributed by atoms with van der Waals surface area (Å²) in [4.78, 5) is 29.9. The molecular formula is C23H22N2O2. The first-order chi connectivity index (χ1) is 13.1. The van der Waals surface area contributed by atoms with Crippen molar-refractivity contribution in [3.8, 4) is 11.1 Å². The maximum Gasteiger partial charge on any atom is 0.226 e. The number of pyridine rings is 1. The van der Waals surface area contributed by atoms with Crippen molar-refractivity contribution < 1.29 is 9.59 Å². The summed E-state index contributed by atoms with van der Waals surface area (Å²) in [5.41, 5.74) is 4.54. The van der Waals surface area contributed by atoms with E-state index in [0.717, 1.165) is 22.4 Å². The number of carbonyl (C=O) groups excluding carboxylic acids is 2. The largest absolute Gasteiger partial charge is 0.316 e. The van der Waals surface area contributed by atoms with E-state index in [1.54, 1.807) is 24.3 Å². The average molecular weight is 358 g/mol. The van der Waals surface area contributed by atoms with Crippen LogP contribution in [0.4, 0.5) is 5.69 Å².